The lowest BCUT2D eigenvalue weighted by atomic mass is 9.98. The quantitative estimate of drug-likeness (QED) is 0.653. The average molecular weight is 261 g/mol. The van der Waals surface area contributed by atoms with Gasteiger partial charge in [-0.2, -0.15) is 0 Å². The summed E-state index contributed by atoms with van der Waals surface area (Å²) in [4.78, 5) is 0. The molecule has 0 bridgehead atoms. The third kappa shape index (κ3) is 2.91. The number of nitrogens with two attached hydrogens (primary N) is 1. The van der Waals surface area contributed by atoms with Crippen LogP contribution in [0.15, 0.2) is 48.5 Å². The van der Waals surface area contributed by atoms with Crippen LogP contribution in [0.4, 0.5) is 0 Å². The lowest BCUT2D eigenvalue weighted by molar-refractivity contribution is 0.637. The topological polar surface area (TPSA) is 38.0 Å². The van der Waals surface area contributed by atoms with Crippen LogP contribution in [0.2, 0.25) is 5.02 Å². The van der Waals surface area contributed by atoms with E-state index in [1.165, 1.54) is 5.56 Å². The van der Waals surface area contributed by atoms with Gasteiger partial charge in [-0.25, -0.2) is 5.43 Å². The molecule has 2 aromatic carbocycles. The van der Waals surface area contributed by atoms with Gasteiger partial charge in [0.2, 0.25) is 0 Å². The third-order valence-electron chi connectivity index (χ3n) is 3.09. The van der Waals surface area contributed by atoms with Crippen molar-refractivity contribution >= 4 is 11.6 Å². The van der Waals surface area contributed by atoms with Crippen LogP contribution in [0.25, 0.3) is 0 Å². The second kappa shape index (κ2) is 6.01. The van der Waals surface area contributed by atoms with Gasteiger partial charge in [0.25, 0.3) is 0 Å². The standard InChI is InChI=1S/C15H17ClN2/c1-2-11-3-5-12(6-4-11)15(18-17)13-7-9-14(16)10-8-13/h3-10,15,18H,2,17H2,1H3. The first kappa shape index (κ1) is 13.1. The van der Waals surface area contributed by atoms with Crippen LogP contribution in [0.1, 0.15) is 29.7 Å². The Hall–Kier alpha value is -1.35. The van der Waals surface area contributed by atoms with Gasteiger partial charge < -0.3 is 0 Å². The first-order valence-electron chi connectivity index (χ1n) is 6.05. The highest BCUT2D eigenvalue weighted by atomic mass is 35.5. The summed E-state index contributed by atoms with van der Waals surface area (Å²) in [6.07, 6.45) is 1.04. The van der Waals surface area contributed by atoms with Gasteiger partial charge in [0.05, 0.1) is 6.04 Å². The minimum Gasteiger partial charge on any atom is -0.271 e. The zero-order valence-corrected chi connectivity index (χ0v) is 11.1. The van der Waals surface area contributed by atoms with E-state index in [0.29, 0.717) is 0 Å². The highest BCUT2D eigenvalue weighted by Crippen LogP contribution is 2.23. The minimum absolute atomic E-state index is 0.00632. The molecule has 0 spiro atoms. The maximum absolute atomic E-state index is 5.89. The SMILES string of the molecule is CCc1ccc(C(NN)c2ccc(Cl)cc2)cc1. The Morgan fingerprint density at radius 1 is 1.00 bits per heavy atom. The molecule has 2 rings (SSSR count). The summed E-state index contributed by atoms with van der Waals surface area (Å²) in [6.45, 7) is 2.15. The minimum atomic E-state index is -0.00632. The summed E-state index contributed by atoms with van der Waals surface area (Å²) < 4.78 is 0. The van der Waals surface area contributed by atoms with E-state index in [4.69, 9.17) is 17.4 Å². The van der Waals surface area contributed by atoms with Crippen LogP contribution >= 0.6 is 11.6 Å². The second-order valence-corrected chi connectivity index (χ2v) is 4.68. The predicted octanol–water partition coefficient (Wildman–Crippen LogP) is 3.46. The van der Waals surface area contributed by atoms with Gasteiger partial charge in [0.1, 0.15) is 0 Å². The zero-order valence-electron chi connectivity index (χ0n) is 10.4. The Labute approximate surface area is 113 Å². The average Bonchev–Trinajstić information content (AvgIpc) is 2.42. The van der Waals surface area contributed by atoms with Gasteiger partial charge in [-0.3, -0.25) is 5.84 Å². The van der Waals surface area contributed by atoms with E-state index in [1.54, 1.807) is 0 Å². The Morgan fingerprint density at radius 3 is 1.94 bits per heavy atom. The van der Waals surface area contributed by atoms with Crippen LogP contribution in [0, 0.1) is 0 Å². The molecule has 0 saturated carbocycles. The number of hydrogen-bond donors (Lipinski definition) is 2. The molecule has 2 nitrogen and oxygen atoms in total. The van der Waals surface area contributed by atoms with E-state index in [0.717, 1.165) is 22.6 Å². The van der Waals surface area contributed by atoms with Gasteiger partial charge >= 0.3 is 0 Å². The van der Waals surface area contributed by atoms with Crippen molar-refractivity contribution in [3.8, 4) is 0 Å². The van der Waals surface area contributed by atoms with Crippen LogP contribution in [-0.4, -0.2) is 0 Å². The molecule has 0 radical (unpaired) electrons. The molecule has 18 heavy (non-hydrogen) atoms. The zero-order chi connectivity index (χ0) is 13.0. The Kier molecular flexibility index (Phi) is 4.37. The molecule has 2 aromatic rings. The van der Waals surface area contributed by atoms with Crippen LogP contribution in [-0.2, 0) is 6.42 Å². The number of aryl methyl sites for hydroxylation is 1. The number of benzene rings is 2. The lowest BCUT2D eigenvalue weighted by Gasteiger charge is -2.17. The van der Waals surface area contributed by atoms with E-state index in [1.807, 2.05) is 24.3 Å². The number of hydrogen-bond acceptors (Lipinski definition) is 2. The van der Waals surface area contributed by atoms with Crippen molar-refractivity contribution < 1.29 is 0 Å². The van der Waals surface area contributed by atoms with Crippen LogP contribution in [0.5, 0.6) is 0 Å². The summed E-state index contributed by atoms with van der Waals surface area (Å²) in [6, 6.07) is 16.2. The van der Waals surface area contributed by atoms with Crippen LogP contribution < -0.4 is 11.3 Å². The highest BCUT2D eigenvalue weighted by Gasteiger charge is 2.11. The van der Waals surface area contributed by atoms with E-state index < -0.39 is 0 Å². The molecular weight excluding hydrogens is 244 g/mol. The van der Waals surface area contributed by atoms with Crippen molar-refractivity contribution in [3.05, 3.63) is 70.2 Å². The van der Waals surface area contributed by atoms with Crippen molar-refractivity contribution in [1.82, 2.24) is 5.43 Å². The molecule has 0 aliphatic rings. The summed E-state index contributed by atoms with van der Waals surface area (Å²) in [5.74, 6) is 5.66. The van der Waals surface area contributed by atoms with Gasteiger partial charge in [0, 0.05) is 5.02 Å². The van der Waals surface area contributed by atoms with Crippen LogP contribution in [0.3, 0.4) is 0 Å². The van der Waals surface area contributed by atoms with Gasteiger partial charge in [-0.1, -0.05) is 54.9 Å². The molecule has 94 valence electrons. The van der Waals surface area contributed by atoms with Gasteiger partial charge in [0.15, 0.2) is 0 Å². The normalized spacial score (nSPS) is 12.4. The van der Waals surface area contributed by atoms with Gasteiger partial charge in [-0.15, -0.1) is 0 Å². The molecule has 0 heterocycles. The van der Waals surface area contributed by atoms with E-state index in [2.05, 4.69) is 36.6 Å². The lowest BCUT2D eigenvalue weighted by Crippen LogP contribution is -2.28. The fraction of sp³-hybridized carbons (Fsp3) is 0.200. The molecule has 0 aliphatic heterocycles. The maximum atomic E-state index is 5.89. The fourth-order valence-electron chi connectivity index (χ4n) is 1.99. The molecule has 0 fully saturated rings. The maximum Gasteiger partial charge on any atom is 0.0710 e. The smallest absolute Gasteiger partial charge is 0.0710 e. The molecule has 3 N–H and O–H groups in total. The number of hydrazine groups is 1. The second-order valence-electron chi connectivity index (χ2n) is 4.25. The van der Waals surface area contributed by atoms with E-state index in [-0.39, 0.29) is 6.04 Å². The molecule has 0 saturated heterocycles. The summed E-state index contributed by atoms with van der Waals surface area (Å²) in [5.41, 5.74) is 6.43. The number of nitrogens with one attached hydrogen (secondary N) is 1. The Morgan fingerprint density at radius 2 is 1.50 bits per heavy atom. The predicted molar refractivity (Wildman–Crippen MR) is 76.4 cm³/mol. The van der Waals surface area contributed by atoms with Crippen molar-refractivity contribution in [2.45, 2.75) is 19.4 Å². The molecule has 1 atom stereocenters. The van der Waals surface area contributed by atoms with E-state index >= 15 is 0 Å². The van der Waals surface area contributed by atoms with Crippen molar-refractivity contribution in [2.75, 3.05) is 0 Å². The largest absolute Gasteiger partial charge is 0.271 e. The first-order chi connectivity index (χ1) is 8.74. The molecule has 0 amide bonds. The Balaban J connectivity index is 2.29. The fourth-order valence-corrected chi connectivity index (χ4v) is 2.11. The monoisotopic (exact) mass is 260 g/mol. The summed E-state index contributed by atoms with van der Waals surface area (Å²) in [7, 11) is 0. The van der Waals surface area contributed by atoms with E-state index in [9.17, 15) is 0 Å². The van der Waals surface area contributed by atoms with Crippen molar-refractivity contribution in [2.24, 2.45) is 5.84 Å². The highest BCUT2D eigenvalue weighted by molar-refractivity contribution is 6.30. The Bertz CT molecular complexity index is 491. The molecule has 1 unspecified atom stereocenters. The first-order valence-corrected chi connectivity index (χ1v) is 6.43. The number of rotatable bonds is 4. The third-order valence-corrected chi connectivity index (χ3v) is 3.34. The molecular formula is C15H17ClN2. The van der Waals surface area contributed by atoms with Crippen molar-refractivity contribution in [3.63, 3.8) is 0 Å². The summed E-state index contributed by atoms with van der Waals surface area (Å²) >= 11 is 5.89. The van der Waals surface area contributed by atoms with Gasteiger partial charge in [-0.05, 0) is 35.2 Å². The summed E-state index contributed by atoms with van der Waals surface area (Å²) in [5, 5.41) is 0.732. The molecule has 0 aromatic heterocycles. The van der Waals surface area contributed by atoms with Crippen molar-refractivity contribution in [1.29, 1.82) is 0 Å². The molecule has 0 aliphatic carbocycles. The number of halogens is 1. The molecule has 3 heteroatoms.